The average Bonchev–Trinajstić information content (AvgIpc) is 1.65. The molecular formula is C76H109N17O26S. The van der Waals surface area contributed by atoms with Gasteiger partial charge in [0, 0.05) is 54.2 Å². The second-order valence-corrected chi connectivity index (χ2v) is 29.5. The van der Waals surface area contributed by atoms with Crippen LogP contribution in [-0.2, 0) is 102 Å². The Morgan fingerprint density at radius 3 is 1.74 bits per heavy atom. The Morgan fingerprint density at radius 2 is 1.12 bits per heavy atom. The van der Waals surface area contributed by atoms with Crippen molar-refractivity contribution < 1.29 is 126 Å². The number of aromatic amines is 1. The second kappa shape index (κ2) is 51.8. The van der Waals surface area contributed by atoms with E-state index in [2.05, 4.69) is 70.4 Å². The van der Waals surface area contributed by atoms with Gasteiger partial charge in [0.15, 0.2) is 5.78 Å². The molecule has 4 rings (SSSR count). The Kier molecular flexibility index (Phi) is 43.1. The minimum Gasteiger partial charge on any atom is -0.481 e. The van der Waals surface area contributed by atoms with E-state index in [1.807, 2.05) is 22.2 Å². The highest BCUT2D eigenvalue weighted by Crippen LogP contribution is 2.23. The number of ether oxygens (including phenoxy) is 1. The Hall–Kier alpha value is -12.4. The summed E-state index contributed by atoms with van der Waals surface area (Å²) in [5, 5.41) is 82.4. The lowest BCUT2D eigenvalue weighted by atomic mass is 9.95. The summed E-state index contributed by atoms with van der Waals surface area (Å²) in [5.74, 6) is -28.8. The van der Waals surface area contributed by atoms with Crippen LogP contribution < -0.4 is 85.9 Å². The van der Waals surface area contributed by atoms with Crippen molar-refractivity contribution in [1.82, 2.24) is 74.1 Å². The number of carboxylic acid groups (broad SMARTS) is 4. The van der Waals surface area contributed by atoms with E-state index in [0.717, 1.165) is 52.9 Å². The predicted molar refractivity (Wildman–Crippen MR) is 427 cm³/mol. The average molecular weight is 1710 g/mol. The number of aliphatic hydroxyl groups is 1. The summed E-state index contributed by atoms with van der Waals surface area (Å²) in [5.41, 5.74) is 12.6. The number of Topliss-reactive ketones (excluding diaryl/α,β-unsaturated/α-hetero) is 1. The number of aliphatic hydroxyl groups excluding tert-OH is 1. The molecule has 0 aliphatic carbocycles. The molecule has 0 radical (unpaired) electrons. The number of carboxylic acids is 4. The minimum atomic E-state index is -2.44. The van der Waals surface area contributed by atoms with Crippen molar-refractivity contribution in [2.75, 3.05) is 50.1 Å². The van der Waals surface area contributed by atoms with Gasteiger partial charge in [-0.05, 0) is 87.8 Å². The van der Waals surface area contributed by atoms with Crippen LogP contribution in [0.1, 0.15) is 153 Å². The summed E-state index contributed by atoms with van der Waals surface area (Å²) in [7, 11) is 0. The van der Waals surface area contributed by atoms with Gasteiger partial charge >= 0.3 is 29.8 Å². The number of thioether (sulfide) groups is 1. The normalized spacial score (nSPS) is 20.8. The van der Waals surface area contributed by atoms with E-state index >= 15 is 4.79 Å². The van der Waals surface area contributed by atoms with Crippen LogP contribution in [0.25, 0.3) is 10.9 Å². The van der Waals surface area contributed by atoms with Gasteiger partial charge in [0.25, 0.3) is 0 Å². The summed E-state index contributed by atoms with van der Waals surface area (Å²) in [6.45, 7) is 1.49. The molecule has 2 heterocycles. The fraction of sp³-hybridized carbons (Fsp3) is 0.553. The number of nitrogens with one attached hydrogen (secondary N) is 15. The van der Waals surface area contributed by atoms with Gasteiger partial charge in [-0.1, -0.05) is 82.7 Å². The van der Waals surface area contributed by atoms with Crippen molar-refractivity contribution in [3.63, 3.8) is 0 Å². The third-order valence-corrected chi connectivity index (χ3v) is 19.4. The van der Waals surface area contributed by atoms with E-state index in [1.165, 1.54) is 30.0 Å². The zero-order valence-corrected chi connectivity index (χ0v) is 67.9. The molecular weight excluding hydrogens is 1600 g/mol. The van der Waals surface area contributed by atoms with Crippen molar-refractivity contribution >= 4 is 147 Å². The number of cyclic esters (lactones) is 1. The van der Waals surface area contributed by atoms with E-state index in [9.17, 15) is 117 Å². The van der Waals surface area contributed by atoms with Gasteiger partial charge in [-0.2, -0.15) is 11.8 Å². The Labute approximate surface area is 693 Å². The number of hydrogen-bond acceptors (Lipinski definition) is 25. The molecule has 0 bridgehead atoms. The number of carbonyl (C=O) groups excluding carboxylic acids is 16. The van der Waals surface area contributed by atoms with Crippen LogP contribution in [0.3, 0.4) is 0 Å². The van der Waals surface area contributed by atoms with Gasteiger partial charge in [-0.25, -0.2) is 4.79 Å². The largest absolute Gasteiger partial charge is 0.481 e. The molecule has 0 unspecified atom stereocenters. The first kappa shape index (κ1) is 100. The Bertz CT molecular complexity index is 4150. The van der Waals surface area contributed by atoms with Gasteiger partial charge in [0.1, 0.15) is 72.6 Å². The topological polar surface area (TPSA) is 688 Å². The lowest BCUT2D eigenvalue weighted by molar-refractivity contribution is -0.156. The molecule has 24 N–H and O–H groups in total. The minimum absolute atomic E-state index is 0.0167. The number of primary amides is 1. The van der Waals surface area contributed by atoms with E-state index in [-0.39, 0.29) is 37.1 Å². The first-order valence-electron chi connectivity index (χ1n) is 38.8. The van der Waals surface area contributed by atoms with Gasteiger partial charge < -0.3 is 121 Å². The third kappa shape index (κ3) is 35.1. The second-order valence-electron chi connectivity index (χ2n) is 28.5. The van der Waals surface area contributed by atoms with Gasteiger partial charge in [-0.3, -0.25) is 91.1 Å². The molecule has 1 aliphatic rings. The zero-order chi connectivity index (χ0) is 89.3. The molecule has 1 aromatic heterocycles. The van der Waals surface area contributed by atoms with Crippen LogP contribution in [-0.4, -0.2) is 266 Å². The van der Waals surface area contributed by atoms with Crippen molar-refractivity contribution in [3.8, 4) is 0 Å². The molecule has 44 heteroatoms. The lowest BCUT2D eigenvalue weighted by Crippen LogP contribution is -2.62. The molecule has 13 atom stereocenters. The molecule has 660 valence electrons. The quantitative estimate of drug-likeness (QED) is 0.0146. The van der Waals surface area contributed by atoms with Crippen LogP contribution in [0, 0.1) is 5.92 Å². The van der Waals surface area contributed by atoms with Crippen LogP contribution in [0.2, 0.25) is 0 Å². The van der Waals surface area contributed by atoms with Crippen LogP contribution >= 0.6 is 11.8 Å². The number of para-hydroxylation sites is 2. The molecule has 0 saturated carbocycles. The van der Waals surface area contributed by atoms with Gasteiger partial charge in [0.2, 0.25) is 82.7 Å². The number of unbranched alkanes of at least 4 members (excludes halogenated alkanes) is 6. The number of amides is 14. The van der Waals surface area contributed by atoms with Crippen molar-refractivity contribution in [1.29, 1.82) is 0 Å². The van der Waals surface area contributed by atoms with Crippen LogP contribution in [0.5, 0.6) is 0 Å². The first-order chi connectivity index (χ1) is 56.9. The number of ketones is 1. The summed E-state index contributed by atoms with van der Waals surface area (Å²) in [4.78, 5) is 278. The number of H-pyrrole nitrogens is 1. The van der Waals surface area contributed by atoms with Crippen molar-refractivity contribution in [3.05, 3.63) is 65.9 Å². The van der Waals surface area contributed by atoms with E-state index in [1.54, 1.807) is 36.5 Å². The maximum atomic E-state index is 15.1. The molecule has 120 heavy (non-hydrogen) atoms. The number of esters is 1. The third-order valence-electron chi connectivity index (χ3n) is 18.7. The highest BCUT2D eigenvalue weighted by atomic mass is 32.2. The van der Waals surface area contributed by atoms with Crippen molar-refractivity contribution in [2.24, 2.45) is 17.4 Å². The van der Waals surface area contributed by atoms with E-state index < -0.39 is 261 Å². The summed E-state index contributed by atoms with van der Waals surface area (Å²) in [6, 6.07) is -9.86. The van der Waals surface area contributed by atoms with Gasteiger partial charge in [-0.15, -0.1) is 0 Å². The number of hydrogen-bond donors (Lipinski definition) is 22. The number of aromatic nitrogens is 1. The van der Waals surface area contributed by atoms with Crippen LogP contribution in [0.4, 0.5) is 5.69 Å². The number of anilines is 1. The number of nitrogens with two attached hydrogens (primary N) is 2. The maximum absolute atomic E-state index is 15.1. The van der Waals surface area contributed by atoms with Crippen LogP contribution in [0.15, 0.2) is 54.7 Å². The molecule has 1 aliphatic heterocycles. The number of aliphatic carboxylic acids is 4. The monoisotopic (exact) mass is 1710 g/mol. The lowest BCUT2D eigenvalue weighted by Gasteiger charge is -2.30. The summed E-state index contributed by atoms with van der Waals surface area (Å²) >= 11 is 1.52. The molecule has 1 saturated heterocycles. The van der Waals surface area contributed by atoms with Gasteiger partial charge in [0.05, 0.1) is 51.8 Å². The first-order valence-corrected chi connectivity index (χ1v) is 40.2. The van der Waals surface area contributed by atoms with E-state index in [4.69, 9.17) is 16.2 Å². The molecule has 3 aromatic rings. The molecule has 0 spiro atoms. The number of benzene rings is 2. The van der Waals surface area contributed by atoms with Crippen molar-refractivity contribution in [2.45, 2.75) is 216 Å². The molecule has 14 amide bonds. The SMILES string of the molecule is CCCCCCCCCC(=O)N[C@@H](Cc1c[nH]c2ccccc12)C(=O)N[C@H](CC(N)=O)C(=O)N[C@@H](CC(=O)O)C(=O)N[C@@H]1C(=O)NCC(=O)N[C@@H](CCCN)C(=O)N[C@@H](CC(=O)O)C(=O)N[C@H](C)C(=O)N[C@@H](CC(=O)O)C(=O)NCC(=O)N[C@H](CO)C(=O)N[C@@H]([C@H](C)CC(=O)O)C(=O)N[C@@H](CC(=O)c2ccccc2NCCCSC)C(=O)O[C@@H]1C. The molecule has 43 nitrogen and oxygen atoms in total. The zero-order valence-electron chi connectivity index (χ0n) is 67.0. The highest BCUT2D eigenvalue weighted by Gasteiger charge is 2.41. The number of fused-ring (bicyclic) bond motifs is 1. The number of carbonyl (C=O) groups is 20. The summed E-state index contributed by atoms with van der Waals surface area (Å²) in [6.07, 6.45) is 0.207. The molecule has 1 fully saturated rings. The van der Waals surface area contributed by atoms with E-state index in [0.29, 0.717) is 48.0 Å². The maximum Gasteiger partial charge on any atom is 0.329 e. The smallest absolute Gasteiger partial charge is 0.329 e. The standard InChI is InChI=1S/C76H109N17O26S/c1-6-7-8-9-10-11-12-24-57(97)85-48(29-42-35-80-45-21-15-13-19-43(42)45)70(112)88-49(31-56(78)96)71(113)90-52(34-63(106)107)72(114)93-65-41(4)119-76(118)53(30-55(95)44-20-14-16-22-46(44)79-26-18-27-120-5)91-75(117)64(39(2)28-60(100)101)92-73(115)54(38-94)86-59(99)36-81-67(109)50(32-61(102)103)87-66(108)40(3)83-69(111)51(33-62(104)105)89-68(110)47(23-17-25-77)84-58(98)37-82-74(65)116/h13-16,19-22,35,39-41,47-54,64-65,79-80,94H,6-12,17-18,23-34,36-38,77H2,1-5H3,(H2,78,96)(H,81,109)(H,82,116)(H,83,111)(H,84,98)(H,85,97)(H,86,99)(H,87,108)(H,88,112)(H,89,110)(H,90,113)(H,91,117)(H,92,115)(H,93,114)(H,100,101)(H,102,103)(H,104,105)(H,106,107)/t39-,40-,41-,47+,48+,49-,50+,51+,52+,53+,54-,64+,65+/m1/s1. The fourth-order valence-corrected chi connectivity index (χ4v) is 12.7. The Balaban J connectivity index is 1.92. The molecule has 2 aromatic carbocycles. The predicted octanol–water partition coefficient (Wildman–Crippen LogP) is -4.04. The fourth-order valence-electron chi connectivity index (χ4n) is 12.3. The Morgan fingerprint density at radius 1 is 0.567 bits per heavy atom. The summed E-state index contributed by atoms with van der Waals surface area (Å²) < 4.78 is 5.79. The highest BCUT2D eigenvalue weighted by molar-refractivity contribution is 7.98. The number of rotatable bonds is 40.